The van der Waals surface area contributed by atoms with Crippen molar-refractivity contribution in [2.45, 2.75) is 63.6 Å². The van der Waals surface area contributed by atoms with E-state index >= 15 is 0 Å². The Morgan fingerprint density at radius 3 is 2.80 bits per heavy atom. The fourth-order valence-corrected chi connectivity index (χ4v) is 7.57. The van der Waals surface area contributed by atoms with Crippen LogP contribution in [0.25, 0.3) is 0 Å². The number of epoxide rings is 1. The summed E-state index contributed by atoms with van der Waals surface area (Å²) in [7, 11) is -1.48. The maximum atomic E-state index is 6.00. The van der Waals surface area contributed by atoms with Gasteiger partial charge in [0, 0.05) is 0 Å². The molecule has 0 bridgehead atoms. The van der Waals surface area contributed by atoms with Crippen LogP contribution >= 0.6 is 0 Å². The molecule has 0 amide bonds. The zero-order valence-corrected chi connectivity index (χ0v) is 12.7. The van der Waals surface area contributed by atoms with Gasteiger partial charge in [0.25, 0.3) is 0 Å². The molecular formula is C11H24O2Si2. The van der Waals surface area contributed by atoms with Crippen LogP contribution < -0.4 is 0 Å². The van der Waals surface area contributed by atoms with Crippen molar-refractivity contribution in [3.8, 4) is 0 Å². The molecule has 1 aliphatic carbocycles. The summed E-state index contributed by atoms with van der Waals surface area (Å²) in [6.07, 6.45) is 6.75. The number of hydrogen-bond acceptors (Lipinski definition) is 2. The topological polar surface area (TPSA) is 21.8 Å². The Morgan fingerprint density at radius 1 is 1.33 bits per heavy atom. The summed E-state index contributed by atoms with van der Waals surface area (Å²) in [5, 5.41) is 0. The quantitative estimate of drug-likeness (QED) is 0.547. The highest BCUT2D eigenvalue weighted by atomic mass is 28.4. The lowest BCUT2D eigenvalue weighted by molar-refractivity contribution is 0.355. The number of ether oxygens (including phenoxy) is 1. The Labute approximate surface area is 96.8 Å². The van der Waals surface area contributed by atoms with Gasteiger partial charge in [-0.05, 0) is 44.3 Å². The van der Waals surface area contributed by atoms with E-state index in [0.29, 0.717) is 12.2 Å². The predicted molar refractivity (Wildman–Crippen MR) is 68.4 cm³/mol. The molecule has 2 rings (SSSR count). The summed E-state index contributed by atoms with van der Waals surface area (Å²) in [5.41, 5.74) is 0. The summed E-state index contributed by atoms with van der Waals surface area (Å²) in [6, 6.07) is 1.36. The van der Waals surface area contributed by atoms with Crippen LogP contribution in [0.1, 0.15) is 25.7 Å². The van der Waals surface area contributed by atoms with E-state index in [4.69, 9.17) is 8.85 Å². The van der Waals surface area contributed by atoms with Crippen molar-refractivity contribution in [1.29, 1.82) is 0 Å². The Kier molecular flexibility index (Phi) is 3.70. The third-order valence-electron chi connectivity index (χ3n) is 3.80. The highest BCUT2D eigenvalue weighted by Crippen LogP contribution is 2.41. The maximum absolute atomic E-state index is 6.00. The molecule has 2 aliphatic rings. The van der Waals surface area contributed by atoms with Gasteiger partial charge in [0.2, 0.25) is 0 Å². The van der Waals surface area contributed by atoms with Crippen LogP contribution in [-0.2, 0) is 8.85 Å². The highest BCUT2D eigenvalue weighted by molar-refractivity contribution is 6.74. The average Bonchev–Trinajstić information content (AvgIpc) is 2.92. The van der Waals surface area contributed by atoms with E-state index < -0.39 is 8.32 Å². The lowest BCUT2D eigenvalue weighted by atomic mass is 9.88. The first-order chi connectivity index (χ1) is 7.11. The maximum Gasteiger partial charge on any atom is 0.172 e. The van der Waals surface area contributed by atoms with Crippen LogP contribution in [0.4, 0.5) is 0 Å². The second-order valence-corrected chi connectivity index (χ2v) is 11.4. The highest BCUT2D eigenvalue weighted by Gasteiger charge is 2.43. The molecule has 88 valence electrons. The first-order valence-corrected chi connectivity index (χ1v) is 11.5. The Hall–Kier alpha value is 0.354. The first-order valence-electron chi connectivity index (χ1n) is 6.40. The summed E-state index contributed by atoms with van der Waals surface area (Å²) >= 11 is 0. The molecule has 3 atom stereocenters. The van der Waals surface area contributed by atoms with Crippen LogP contribution in [0, 0.1) is 5.92 Å². The minimum absolute atomic E-state index is 0.204. The molecule has 0 aromatic carbocycles. The van der Waals surface area contributed by atoms with Gasteiger partial charge in [-0.15, -0.1) is 0 Å². The lowest BCUT2D eigenvalue weighted by Crippen LogP contribution is -2.32. The van der Waals surface area contributed by atoms with E-state index in [0.717, 1.165) is 5.92 Å². The SMILES string of the molecule is C[SiH2]O[Si](C)(C)CCC1CCC2OC2C1. The van der Waals surface area contributed by atoms with Gasteiger partial charge < -0.3 is 8.85 Å². The van der Waals surface area contributed by atoms with Gasteiger partial charge in [-0.2, -0.15) is 0 Å². The van der Waals surface area contributed by atoms with E-state index in [1.165, 1.54) is 31.7 Å². The van der Waals surface area contributed by atoms with Crippen LogP contribution in [0.3, 0.4) is 0 Å². The molecule has 1 saturated carbocycles. The summed E-state index contributed by atoms with van der Waals surface area (Å²) in [5.74, 6) is 0.933. The van der Waals surface area contributed by atoms with E-state index in [1.807, 2.05) is 0 Å². The van der Waals surface area contributed by atoms with Crippen molar-refractivity contribution in [2.24, 2.45) is 5.92 Å². The largest absolute Gasteiger partial charge is 0.461 e. The predicted octanol–water partition coefficient (Wildman–Crippen LogP) is 2.30. The molecule has 0 N–H and O–H groups in total. The first kappa shape index (κ1) is 11.8. The van der Waals surface area contributed by atoms with Crippen LogP contribution in [0.2, 0.25) is 25.7 Å². The number of fused-ring (bicyclic) bond motifs is 1. The molecule has 0 radical (unpaired) electrons. The lowest BCUT2D eigenvalue weighted by Gasteiger charge is -2.26. The number of rotatable bonds is 5. The summed E-state index contributed by atoms with van der Waals surface area (Å²) < 4.78 is 11.6. The molecule has 2 fully saturated rings. The van der Waals surface area contributed by atoms with Gasteiger partial charge >= 0.3 is 0 Å². The standard InChI is InChI=1S/C11H24O2Si2/c1-14-13-15(2,3)7-6-9-4-5-10-11(8-9)12-10/h9-11H,4-8,14H2,1-3H3. The molecule has 2 nitrogen and oxygen atoms in total. The van der Waals surface area contributed by atoms with Crippen LogP contribution in [0.15, 0.2) is 0 Å². The average molecular weight is 244 g/mol. The molecule has 0 aromatic rings. The number of hydrogen-bond donors (Lipinski definition) is 0. The second-order valence-electron chi connectivity index (χ2n) is 5.62. The van der Waals surface area contributed by atoms with Crippen molar-refractivity contribution in [2.75, 3.05) is 0 Å². The molecular weight excluding hydrogens is 220 g/mol. The minimum Gasteiger partial charge on any atom is -0.461 e. The van der Waals surface area contributed by atoms with Gasteiger partial charge in [-0.25, -0.2) is 0 Å². The van der Waals surface area contributed by atoms with Crippen molar-refractivity contribution >= 4 is 18.1 Å². The van der Waals surface area contributed by atoms with E-state index in [-0.39, 0.29) is 9.76 Å². The molecule has 1 aliphatic heterocycles. The molecule has 1 saturated heterocycles. The van der Waals surface area contributed by atoms with Gasteiger partial charge in [0.15, 0.2) is 8.32 Å². The molecule has 0 aromatic heterocycles. The Balaban J connectivity index is 1.68. The van der Waals surface area contributed by atoms with Crippen molar-refractivity contribution in [1.82, 2.24) is 0 Å². The van der Waals surface area contributed by atoms with Crippen LogP contribution in [-0.4, -0.2) is 30.3 Å². The second kappa shape index (κ2) is 4.69. The zero-order valence-electron chi connectivity index (χ0n) is 10.3. The van der Waals surface area contributed by atoms with Gasteiger partial charge in [-0.3, -0.25) is 0 Å². The van der Waals surface area contributed by atoms with E-state index in [9.17, 15) is 0 Å². The monoisotopic (exact) mass is 244 g/mol. The van der Waals surface area contributed by atoms with Gasteiger partial charge in [-0.1, -0.05) is 13.0 Å². The smallest absolute Gasteiger partial charge is 0.172 e. The molecule has 0 spiro atoms. The van der Waals surface area contributed by atoms with Crippen molar-refractivity contribution in [3.63, 3.8) is 0 Å². The Morgan fingerprint density at radius 2 is 2.13 bits per heavy atom. The van der Waals surface area contributed by atoms with Crippen LogP contribution in [0.5, 0.6) is 0 Å². The normalized spacial score (nSPS) is 35.8. The summed E-state index contributed by atoms with van der Waals surface area (Å²) in [6.45, 7) is 7.00. The Bertz CT molecular complexity index is 221. The van der Waals surface area contributed by atoms with Crippen molar-refractivity contribution < 1.29 is 8.85 Å². The molecule has 15 heavy (non-hydrogen) atoms. The molecule has 4 heteroatoms. The van der Waals surface area contributed by atoms with Crippen molar-refractivity contribution in [3.05, 3.63) is 0 Å². The van der Waals surface area contributed by atoms with Gasteiger partial charge in [0.05, 0.1) is 12.2 Å². The molecule has 1 heterocycles. The molecule has 3 unspecified atom stereocenters. The zero-order chi connectivity index (χ0) is 10.9. The third kappa shape index (κ3) is 3.41. The van der Waals surface area contributed by atoms with Gasteiger partial charge in [0.1, 0.15) is 9.76 Å². The minimum atomic E-state index is -1.27. The summed E-state index contributed by atoms with van der Waals surface area (Å²) in [4.78, 5) is 0. The fraction of sp³-hybridized carbons (Fsp3) is 1.00. The third-order valence-corrected chi connectivity index (χ3v) is 9.58. The van der Waals surface area contributed by atoms with E-state index in [2.05, 4.69) is 19.6 Å². The fourth-order valence-electron chi connectivity index (χ4n) is 2.76. The van der Waals surface area contributed by atoms with E-state index in [1.54, 1.807) is 0 Å².